The molecule has 1 N–H and O–H groups in total. The second kappa shape index (κ2) is 8.18. The van der Waals surface area contributed by atoms with E-state index >= 15 is 0 Å². The van der Waals surface area contributed by atoms with E-state index in [1.165, 1.54) is 7.05 Å². The van der Waals surface area contributed by atoms with E-state index in [4.69, 9.17) is 0 Å². The van der Waals surface area contributed by atoms with Crippen LogP contribution in [-0.4, -0.2) is 34.9 Å². The van der Waals surface area contributed by atoms with Gasteiger partial charge in [0.25, 0.3) is 0 Å². The molecule has 0 radical (unpaired) electrons. The molecule has 1 unspecified atom stereocenters. The van der Waals surface area contributed by atoms with Crippen LogP contribution in [0, 0.1) is 5.92 Å². The minimum atomic E-state index is -1.05. The maximum atomic E-state index is 11.5. The number of hydrogen-bond donors (Lipinski definition) is 1. The van der Waals surface area contributed by atoms with Gasteiger partial charge in [0, 0.05) is 7.05 Å². The van der Waals surface area contributed by atoms with Gasteiger partial charge in [-0.2, -0.15) is 0 Å². The highest BCUT2D eigenvalue weighted by molar-refractivity contribution is 7.92. The second-order valence-corrected chi connectivity index (χ2v) is 4.91. The van der Waals surface area contributed by atoms with Crippen LogP contribution < -0.4 is 5.32 Å². The van der Waals surface area contributed by atoms with Gasteiger partial charge in [0.1, 0.15) is 17.2 Å². The Balaban J connectivity index is 4.36. The summed E-state index contributed by atoms with van der Waals surface area (Å²) in [6, 6.07) is 0. The average Bonchev–Trinajstić information content (AvgIpc) is 2.23. The first-order chi connectivity index (χ1) is 7.51. The van der Waals surface area contributed by atoms with E-state index in [0.29, 0.717) is 17.2 Å². The van der Waals surface area contributed by atoms with Gasteiger partial charge in [0.15, 0.2) is 0 Å². The fraction of sp³-hybridized carbons (Fsp3) is 0.600. The van der Waals surface area contributed by atoms with Crippen molar-refractivity contribution < 1.29 is 14.2 Å². The van der Waals surface area contributed by atoms with Gasteiger partial charge in [-0.15, -0.1) is 0 Å². The smallest absolute Gasteiger partial charge is 0.433 e. The van der Waals surface area contributed by atoms with Crippen molar-refractivity contribution in [3.63, 3.8) is 0 Å². The Bertz CT molecular complexity index is 267. The lowest BCUT2D eigenvalue weighted by Gasteiger charge is -2.12. The summed E-state index contributed by atoms with van der Waals surface area (Å²) in [6.07, 6.45) is 0.959. The van der Waals surface area contributed by atoms with Gasteiger partial charge in [-0.05, 0) is 23.2 Å². The first kappa shape index (κ1) is 15.0. The molecule has 0 aromatic rings. The predicted octanol–water partition coefficient (Wildman–Crippen LogP) is 1.29. The van der Waals surface area contributed by atoms with Crippen molar-refractivity contribution in [3.8, 4) is 0 Å². The van der Waals surface area contributed by atoms with E-state index in [0.717, 1.165) is 0 Å². The molecule has 0 rings (SSSR count). The molecule has 0 saturated heterocycles. The third-order valence-electron chi connectivity index (χ3n) is 1.73. The molecule has 0 aromatic heterocycles. The number of carbonyl (C=O) groups excluding carboxylic acids is 1. The Morgan fingerprint density at radius 2 is 2.31 bits per heavy atom. The van der Waals surface area contributed by atoms with Crippen molar-refractivity contribution in [2.24, 2.45) is 11.1 Å². The lowest BCUT2D eigenvalue weighted by molar-refractivity contribution is 0.152. The summed E-state index contributed by atoms with van der Waals surface area (Å²) in [5.74, 6) is 0.783. The largest absolute Gasteiger partial charge is 0.616 e. The van der Waals surface area contributed by atoms with Gasteiger partial charge in [0.05, 0.1) is 0 Å². The maximum absolute atomic E-state index is 11.5. The van der Waals surface area contributed by atoms with Crippen molar-refractivity contribution in [1.29, 1.82) is 0 Å². The highest BCUT2D eigenvalue weighted by Crippen LogP contribution is 2.03. The summed E-state index contributed by atoms with van der Waals surface area (Å²) < 4.78 is 11.5. The summed E-state index contributed by atoms with van der Waals surface area (Å²) in [4.78, 5) is 15.4. The molecule has 0 aromatic carbocycles. The first-order valence-electron chi connectivity index (χ1n) is 4.92. The lowest BCUT2D eigenvalue weighted by atomic mass is 10.1. The van der Waals surface area contributed by atoms with E-state index in [9.17, 15) is 9.35 Å². The highest BCUT2D eigenvalue weighted by Gasteiger charge is 2.15. The molecule has 16 heavy (non-hydrogen) atoms. The molecule has 0 bridgehead atoms. The predicted molar refractivity (Wildman–Crippen MR) is 65.9 cm³/mol. The van der Waals surface area contributed by atoms with Gasteiger partial charge in [-0.3, -0.25) is 4.84 Å². The number of oxime groups is 1. The third kappa shape index (κ3) is 6.47. The average molecular weight is 246 g/mol. The molecule has 0 spiro atoms. The molecule has 0 aliphatic carbocycles. The Morgan fingerprint density at radius 1 is 1.69 bits per heavy atom. The van der Waals surface area contributed by atoms with Crippen LogP contribution >= 0.6 is 0 Å². The van der Waals surface area contributed by atoms with Gasteiger partial charge in [-0.1, -0.05) is 25.6 Å². The zero-order chi connectivity index (χ0) is 12.6. The molecule has 92 valence electrons. The highest BCUT2D eigenvalue weighted by atomic mass is 32.2. The van der Waals surface area contributed by atoms with Crippen molar-refractivity contribution >= 4 is 23.0 Å². The molecule has 1 amide bonds. The molecular weight excluding hydrogens is 228 g/mol. The molecule has 0 heterocycles. The zero-order valence-corrected chi connectivity index (χ0v) is 10.7. The lowest BCUT2D eigenvalue weighted by Crippen LogP contribution is -2.24. The molecule has 0 saturated carbocycles. The number of amides is 1. The number of rotatable bonds is 6. The fourth-order valence-electron chi connectivity index (χ4n) is 0.799. The molecular formula is C10H18N2O3S. The molecule has 0 fully saturated rings. The van der Waals surface area contributed by atoms with Crippen molar-refractivity contribution in [2.75, 3.05) is 18.6 Å². The quantitative estimate of drug-likeness (QED) is 0.252. The Hall–Kier alpha value is -1.01. The SMILES string of the molecule is C=CC[S+]([O-])CC(=NOC(=O)NC)C(C)C. The van der Waals surface area contributed by atoms with Crippen LogP contribution in [0.3, 0.4) is 0 Å². The molecule has 1 atom stereocenters. The zero-order valence-electron chi connectivity index (χ0n) is 9.86. The molecule has 0 aliphatic heterocycles. The van der Waals surface area contributed by atoms with Gasteiger partial charge in [-0.25, -0.2) is 4.79 Å². The molecule has 0 aliphatic rings. The fourth-order valence-corrected chi connectivity index (χ4v) is 1.90. The van der Waals surface area contributed by atoms with Crippen LogP contribution in [0.15, 0.2) is 17.8 Å². The minimum Gasteiger partial charge on any atom is -0.616 e. The minimum absolute atomic E-state index is 0.0819. The normalized spacial score (nSPS) is 13.4. The number of carbonyl (C=O) groups is 1. The number of hydrogen-bond acceptors (Lipinski definition) is 4. The summed E-state index contributed by atoms with van der Waals surface area (Å²) in [6.45, 7) is 7.31. The van der Waals surface area contributed by atoms with Gasteiger partial charge in [0.2, 0.25) is 0 Å². The Labute approximate surface area is 99.1 Å². The van der Waals surface area contributed by atoms with Crippen LogP contribution in [0.4, 0.5) is 4.79 Å². The van der Waals surface area contributed by atoms with Gasteiger partial charge < -0.3 is 9.87 Å². The van der Waals surface area contributed by atoms with Crippen LogP contribution in [0.5, 0.6) is 0 Å². The first-order valence-corrected chi connectivity index (χ1v) is 6.41. The van der Waals surface area contributed by atoms with Crippen LogP contribution in [-0.2, 0) is 16.0 Å². The van der Waals surface area contributed by atoms with E-state index in [2.05, 4.69) is 21.9 Å². The van der Waals surface area contributed by atoms with Crippen molar-refractivity contribution in [3.05, 3.63) is 12.7 Å². The van der Waals surface area contributed by atoms with E-state index in [1.54, 1.807) is 6.08 Å². The maximum Gasteiger partial charge on any atom is 0.433 e. The standard InChI is InChI=1S/C10H18N2O3S/c1-5-6-16(14)7-9(8(2)3)12-15-10(13)11-4/h5,8H,1,6-7H2,2-4H3,(H,11,13). The van der Waals surface area contributed by atoms with E-state index in [-0.39, 0.29) is 5.92 Å². The summed E-state index contributed by atoms with van der Waals surface area (Å²) in [7, 11) is 1.45. The third-order valence-corrected chi connectivity index (χ3v) is 2.95. The molecule has 6 heteroatoms. The number of nitrogens with one attached hydrogen (secondary N) is 1. The van der Waals surface area contributed by atoms with Crippen molar-refractivity contribution in [2.45, 2.75) is 13.8 Å². The summed E-state index contributed by atoms with van der Waals surface area (Å²) in [5, 5.41) is 5.97. The summed E-state index contributed by atoms with van der Waals surface area (Å²) >= 11 is -1.05. The monoisotopic (exact) mass is 246 g/mol. The van der Waals surface area contributed by atoms with Crippen LogP contribution in [0.1, 0.15) is 13.8 Å². The second-order valence-electron chi connectivity index (χ2n) is 3.41. The number of nitrogens with zero attached hydrogens (tertiary/aromatic N) is 1. The van der Waals surface area contributed by atoms with E-state index in [1.807, 2.05) is 13.8 Å². The van der Waals surface area contributed by atoms with E-state index < -0.39 is 17.3 Å². The van der Waals surface area contributed by atoms with Crippen LogP contribution in [0.2, 0.25) is 0 Å². The van der Waals surface area contributed by atoms with Crippen molar-refractivity contribution in [1.82, 2.24) is 5.32 Å². The van der Waals surface area contributed by atoms with Gasteiger partial charge >= 0.3 is 6.09 Å². The Kier molecular flexibility index (Phi) is 7.66. The summed E-state index contributed by atoms with van der Waals surface area (Å²) in [5.41, 5.74) is 0.601. The topological polar surface area (TPSA) is 73.8 Å². The Morgan fingerprint density at radius 3 is 2.75 bits per heavy atom. The van der Waals surface area contributed by atoms with Crippen LogP contribution in [0.25, 0.3) is 0 Å². The molecule has 5 nitrogen and oxygen atoms in total.